The van der Waals surface area contributed by atoms with Crippen molar-refractivity contribution < 1.29 is 8.81 Å². The van der Waals surface area contributed by atoms with Crippen molar-refractivity contribution in [3.63, 3.8) is 0 Å². The Morgan fingerprint density at radius 2 is 1.00 bits per heavy atom. The van der Waals surface area contributed by atoms with Crippen molar-refractivity contribution in [1.29, 1.82) is 0 Å². The van der Waals surface area contributed by atoms with Crippen LogP contribution in [0.25, 0.3) is 76.9 Å². The van der Waals surface area contributed by atoms with Crippen LogP contribution in [-0.2, 0) is 0 Å². The van der Waals surface area contributed by atoms with Crippen LogP contribution in [-0.4, -0.2) is 9.13 Å². The van der Waals surface area contributed by atoms with Crippen LogP contribution in [0.5, 0.6) is 0 Å². The summed E-state index contributed by atoms with van der Waals surface area (Å²) in [6, 6.07) is 62.3. The van der Waals surface area contributed by atoms with E-state index < -0.39 is 0 Å². The first kappa shape index (κ1) is 29.6. The van der Waals surface area contributed by atoms with Crippen molar-refractivity contribution in [1.82, 2.24) is 9.13 Å². The van der Waals surface area contributed by atoms with Gasteiger partial charge in [-0.2, -0.15) is 0 Å². The van der Waals surface area contributed by atoms with E-state index in [9.17, 15) is 4.39 Å². The normalized spacial score (nSPS) is 11.9. The summed E-state index contributed by atoms with van der Waals surface area (Å²) in [5.41, 5.74) is 10.8. The maximum Gasteiger partial charge on any atom is 0.137 e. The standard InChI is InChI=1S/C48H30FN3O/c49-31-12-10-15-33(28-31)51-42-20-7-5-17-37(42)41-29-34(25-27-44(41)51)50(35-24-26-39-38-18-6-9-23-46(38)53-47(39)30-35)45-22-11-19-40-36-16-4-8-21-43(36)52(48(40)45)32-13-2-1-3-14-32/h1-30H. The third-order valence-corrected chi connectivity index (χ3v) is 10.5. The molecule has 53 heavy (non-hydrogen) atoms. The van der Waals surface area contributed by atoms with E-state index in [4.69, 9.17) is 4.42 Å². The molecule has 0 radical (unpaired) electrons. The molecule has 0 bridgehead atoms. The Morgan fingerprint density at radius 3 is 1.83 bits per heavy atom. The Hall–Kier alpha value is -7.11. The van der Waals surface area contributed by atoms with E-state index in [0.29, 0.717) is 0 Å². The van der Waals surface area contributed by atoms with Gasteiger partial charge >= 0.3 is 0 Å². The predicted molar refractivity (Wildman–Crippen MR) is 217 cm³/mol. The average molecular weight is 684 g/mol. The van der Waals surface area contributed by atoms with Gasteiger partial charge in [0, 0.05) is 61.1 Å². The number of para-hydroxylation sites is 5. The van der Waals surface area contributed by atoms with E-state index in [0.717, 1.165) is 83.2 Å². The van der Waals surface area contributed by atoms with E-state index in [2.05, 4.69) is 154 Å². The zero-order chi connectivity index (χ0) is 35.0. The lowest BCUT2D eigenvalue weighted by molar-refractivity contribution is 0.627. The summed E-state index contributed by atoms with van der Waals surface area (Å²) in [5.74, 6) is -0.265. The van der Waals surface area contributed by atoms with Crippen molar-refractivity contribution in [3.05, 3.63) is 188 Å². The lowest BCUT2D eigenvalue weighted by atomic mass is 10.1. The Bertz CT molecular complexity index is 3210. The minimum atomic E-state index is -0.265. The molecule has 0 fully saturated rings. The van der Waals surface area contributed by atoms with Gasteiger partial charge in [-0.25, -0.2) is 4.39 Å². The molecule has 0 unspecified atom stereocenters. The van der Waals surface area contributed by atoms with Crippen LogP contribution < -0.4 is 4.90 Å². The molecular formula is C48H30FN3O. The van der Waals surface area contributed by atoms with Crippen molar-refractivity contribution in [2.24, 2.45) is 0 Å². The number of halogens is 1. The smallest absolute Gasteiger partial charge is 0.137 e. The molecule has 3 heterocycles. The number of anilines is 3. The van der Waals surface area contributed by atoms with E-state index in [1.807, 2.05) is 24.3 Å². The fourth-order valence-corrected chi connectivity index (χ4v) is 8.30. The molecular weight excluding hydrogens is 654 g/mol. The van der Waals surface area contributed by atoms with Crippen LogP contribution in [0.2, 0.25) is 0 Å². The summed E-state index contributed by atoms with van der Waals surface area (Å²) in [7, 11) is 0. The molecule has 4 nitrogen and oxygen atoms in total. The second-order valence-electron chi connectivity index (χ2n) is 13.5. The Kier molecular flexibility index (Phi) is 6.40. The van der Waals surface area contributed by atoms with Gasteiger partial charge in [-0.15, -0.1) is 0 Å². The first-order chi connectivity index (χ1) is 26.2. The van der Waals surface area contributed by atoms with Crippen LogP contribution in [0.15, 0.2) is 186 Å². The number of hydrogen-bond donors (Lipinski definition) is 0. The molecule has 11 aromatic rings. The zero-order valence-electron chi connectivity index (χ0n) is 28.4. The van der Waals surface area contributed by atoms with Crippen LogP contribution in [0.1, 0.15) is 0 Å². The molecule has 0 amide bonds. The van der Waals surface area contributed by atoms with Crippen molar-refractivity contribution in [2.75, 3.05) is 4.90 Å². The number of rotatable bonds is 5. The Morgan fingerprint density at radius 1 is 0.396 bits per heavy atom. The van der Waals surface area contributed by atoms with Gasteiger partial charge in [0.05, 0.1) is 27.8 Å². The molecule has 0 aliphatic carbocycles. The summed E-state index contributed by atoms with van der Waals surface area (Å²) in [6.45, 7) is 0. The maximum absolute atomic E-state index is 14.6. The number of benzene rings is 8. The summed E-state index contributed by atoms with van der Waals surface area (Å²) in [5, 5.41) is 6.70. The number of fused-ring (bicyclic) bond motifs is 9. The third kappa shape index (κ3) is 4.47. The molecule has 0 atom stereocenters. The molecule has 250 valence electrons. The van der Waals surface area contributed by atoms with Gasteiger partial charge in [-0.05, 0) is 84.9 Å². The number of aromatic nitrogens is 2. The quantitative estimate of drug-likeness (QED) is 0.180. The second-order valence-corrected chi connectivity index (χ2v) is 13.5. The molecule has 0 spiro atoms. The molecule has 0 saturated heterocycles. The molecule has 0 N–H and O–H groups in total. The van der Waals surface area contributed by atoms with Crippen LogP contribution in [0.4, 0.5) is 21.5 Å². The molecule has 5 heteroatoms. The third-order valence-electron chi connectivity index (χ3n) is 10.5. The summed E-state index contributed by atoms with van der Waals surface area (Å²) in [6.07, 6.45) is 0. The molecule has 0 aliphatic heterocycles. The predicted octanol–water partition coefficient (Wildman–Crippen LogP) is 13.4. The highest BCUT2D eigenvalue weighted by atomic mass is 19.1. The number of hydrogen-bond acceptors (Lipinski definition) is 2. The van der Waals surface area contributed by atoms with Gasteiger partial charge in [0.2, 0.25) is 0 Å². The first-order valence-electron chi connectivity index (χ1n) is 17.8. The molecule has 8 aromatic carbocycles. The second kappa shape index (κ2) is 11.5. The lowest BCUT2D eigenvalue weighted by Crippen LogP contribution is -2.11. The summed E-state index contributed by atoms with van der Waals surface area (Å²) in [4.78, 5) is 2.35. The van der Waals surface area contributed by atoms with Crippen molar-refractivity contribution in [3.8, 4) is 11.4 Å². The largest absolute Gasteiger partial charge is 0.456 e. The van der Waals surface area contributed by atoms with Crippen molar-refractivity contribution >= 4 is 82.6 Å². The molecule has 11 rings (SSSR count). The number of furan rings is 1. The summed E-state index contributed by atoms with van der Waals surface area (Å²) >= 11 is 0. The maximum atomic E-state index is 14.6. The number of nitrogens with zero attached hydrogens (tertiary/aromatic N) is 3. The van der Waals surface area contributed by atoms with Gasteiger partial charge in [0.25, 0.3) is 0 Å². The van der Waals surface area contributed by atoms with E-state index in [-0.39, 0.29) is 5.82 Å². The van der Waals surface area contributed by atoms with Gasteiger partial charge in [-0.3, -0.25) is 0 Å². The fourth-order valence-electron chi connectivity index (χ4n) is 8.30. The van der Waals surface area contributed by atoms with Gasteiger partial charge in [-0.1, -0.05) is 91.0 Å². The van der Waals surface area contributed by atoms with Crippen molar-refractivity contribution in [2.45, 2.75) is 0 Å². The Balaban J connectivity index is 1.23. The summed E-state index contributed by atoms with van der Waals surface area (Å²) < 4.78 is 25.6. The van der Waals surface area contributed by atoms with Gasteiger partial charge < -0.3 is 18.5 Å². The Labute approximate surface area is 303 Å². The van der Waals surface area contributed by atoms with Crippen LogP contribution >= 0.6 is 0 Å². The van der Waals surface area contributed by atoms with E-state index in [1.165, 1.54) is 16.8 Å². The first-order valence-corrected chi connectivity index (χ1v) is 17.8. The SMILES string of the molecule is Fc1cccc(-n2c3ccccc3c3cc(N(c4ccc5c(c4)oc4ccccc45)c4cccc5c6ccccc6n(-c6ccccc6)c45)ccc32)c1. The van der Waals surface area contributed by atoms with Gasteiger partial charge in [0.1, 0.15) is 17.0 Å². The minimum Gasteiger partial charge on any atom is -0.456 e. The molecule has 0 aliphatic rings. The average Bonchev–Trinajstić information content (AvgIpc) is 3.86. The highest BCUT2D eigenvalue weighted by molar-refractivity contribution is 6.16. The van der Waals surface area contributed by atoms with Crippen LogP contribution in [0.3, 0.4) is 0 Å². The highest BCUT2D eigenvalue weighted by Crippen LogP contribution is 2.46. The zero-order valence-corrected chi connectivity index (χ0v) is 28.4. The lowest BCUT2D eigenvalue weighted by Gasteiger charge is -2.27. The van der Waals surface area contributed by atoms with E-state index >= 15 is 0 Å². The topological polar surface area (TPSA) is 26.2 Å². The monoisotopic (exact) mass is 683 g/mol. The highest BCUT2D eigenvalue weighted by Gasteiger charge is 2.23. The molecule has 3 aromatic heterocycles. The van der Waals surface area contributed by atoms with Gasteiger partial charge in [0.15, 0.2) is 0 Å². The van der Waals surface area contributed by atoms with Crippen LogP contribution in [0, 0.1) is 5.82 Å². The molecule has 0 saturated carbocycles. The minimum absolute atomic E-state index is 0.265. The van der Waals surface area contributed by atoms with E-state index in [1.54, 1.807) is 12.1 Å². The fraction of sp³-hybridized carbons (Fsp3) is 0.